The summed E-state index contributed by atoms with van der Waals surface area (Å²) >= 11 is 12.6. The van der Waals surface area contributed by atoms with Crippen molar-refractivity contribution < 1.29 is 13.2 Å². The number of amides is 1. The molecule has 0 saturated carbocycles. The zero-order chi connectivity index (χ0) is 28.3. The summed E-state index contributed by atoms with van der Waals surface area (Å²) in [7, 11) is -4.01. The molecule has 202 valence electrons. The fourth-order valence-electron chi connectivity index (χ4n) is 4.40. The Morgan fingerprint density at radius 2 is 1.69 bits per heavy atom. The highest BCUT2D eigenvalue weighted by molar-refractivity contribution is 7.92. The molecule has 0 bridgehead atoms. The second-order valence-electron chi connectivity index (χ2n) is 9.14. The number of hydrogen-bond acceptors (Lipinski definition) is 4. The van der Waals surface area contributed by atoms with E-state index in [9.17, 15) is 13.2 Å². The van der Waals surface area contributed by atoms with Gasteiger partial charge < -0.3 is 4.57 Å². The van der Waals surface area contributed by atoms with Crippen molar-refractivity contribution in [3.8, 4) is 5.69 Å². The quantitative estimate of drug-likeness (QED) is 0.194. The number of aryl methyl sites for hydroxylation is 3. The van der Waals surface area contributed by atoms with Gasteiger partial charge in [0.15, 0.2) is 0 Å². The third kappa shape index (κ3) is 6.03. The molecule has 4 aromatic rings. The molecule has 4 rings (SSSR count). The SMILES string of the molecule is Cc1ccc(N(CC(=O)N/N=C\c2cc(C)n(-c3cccc(Cl)c3Cl)c2C)S(=O)(=O)c2ccccc2)c(C)c1. The van der Waals surface area contributed by atoms with E-state index in [2.05, 4.69) is 10.5 Å². The zero-order valence-corrected chi connectivity index (χ0v) is 24.3. The molecule has 0 saturated heterocycles. The third-order valence-electron chi connectivity index (χ3n) is 6.27. The predicted molar refractivity (Wildman–Crippen MR) is 158 cm³/mol. The molecule has 0 atom stereocenters. The van der Waals surface area contributed by atoms with E-state index >= 15 is 0 Å². The number of benzene rings is 3. The molecule has 39 heavy (non-hydrogen) atoms. The molecular weight excluding hydrogens is 555 g/mol. The second kappa shape index (κ2) is 11.7. The molecule has 0 spiro atoms. The van der Waals surface area contributed by atoms with Crippen molar-refractivity contribution in [1.82, 2.24) is 9.99 Å². The van der Waals surface area contributed by atoms with Gasteiger partial charge in [-0.3, -0.25) is 9.10 Å². The van der Waals surface area contributed by atoms with Crippen molar-refractivity contribution >= 4 is 51.0 Å². The number of hydrazone groups is 1. The average Bonchev–Trinajstić information content (AvgIpc) is 3.17. The summed E-state index contributed by atoms with van der Waals surface area (Å²) in [6, 6.07) is 20.7. The Morgan fingerprint density at radius 1 is 0.974 bits per heavy atom. The van der Waals surface area contributed by atoms with Crippen LogP contribution < -0.4 is 9.73 Å². The summed E-state index contributed by atoms with van der Waals surface area (Å²) in [5.41, 5.74) is 7.85. The lowest BCUT2D eigenvalue weighted by molar-refractivity contribution is -0.119. The molecule has 0 fully saturated rings. The molecule has 1 heterocycles. The van der Waals surface area contributed by atoms with Gasteiger partial charge in [-0.15, -0.1) is 0 Å². The highest BCUT2D eigenvalue weighted by atomic mass is 35.5. The summed E-state index contributed by atoms with van der Waals surface area (Å²) in [5, 5.41) is 4.99. The normalized spacial score (nSPS) is 11.6. The molecule has 0 unspecified atom stereocenters. The van der Waals surface area contributed by atoms with E-state index in [0.29, 0.717) is 15.7 Å². The molecule has 7 nitrogen and oxygen atoms in total. The highest BCUT2D eigenvalue weighted by Gasteiger charge is 2.28. The minimum absolute atomic E-state index is 0.0911. The van der Waals surface area contributed by atoms with Gasteiger partial charge in [-0.1, -0.05) is 65.2 Å². The van der Waals surface area contributed by atoms with Crippen molar-refractivity contribution in [2.24, 2.45) is 5.10 Å². The molecular formula is C29H28Cl2N4O3S. The molecule has 0 radical (unpaired) electrons. The Kier molecular flexibility index (Phi) is 8.49. The summed E-state index contributed by atoms with van der Waals surface area (Å²) in [5.74, 6) is -0.586. The fraction of sp³-hybridized carbons (Fsp3) is 0.172. The Hall–Kier alpha value is -3.59. The van der Waals surface area contributed by atoms with E-state index in [4.69, 9.17) is 23.2 Å². The lowest BCUT2D eigenvalue weighted by Crippen LogP contribution is -2.40. The van der Waals surface area contributed by atoms with Gasteiger partial charge in [-0.05, 0) is 69.7 Å². The fourth-order valence-corrected chi connectivity index (χ4v) is 6.28. The molecule has 3 aromatic carbocycles. The van der Waals surface area contributed by atoms with Gasteiger partial charge in [0.05, 0.1) is 32.5 Å². The largest absolute Gasteiger partial charge is 0.316 e. The number of halogens is 2. The summed E-state index contributed by atoms with van der Waals surface area (Å²) in [6.45, 7) is 7.12. The van der Waals surface area contributed by atoms with Crippen LogP contribution in [0.15, 0.2) is 82.8 Å². The molecule has 10 heteroatoms. The van der Waals surface area contributed by atoms with E-state index in [1.165, 1.54) is 18.3 Å². The van der Waals surface area contributed by atoms with Gasteiger partial charge in [-0.25, -0.2) is 13.8 Å². The minimum Gasteiger partial charge on any atom is -0.316 e. The van der Waals surface area contributed by atoms with Crippen molar-refractivity contribution in [1.29, 1.82) is 0 Å². The first-order valence-corrected chi connectivity index (χ1v) is 14.3. The molecule has 0 aliphatic heterocycles. The lowest BCUT2D eigenvalue weighted by Gasteiger charge is -2.25. The van der Waals surface area contributed by atoms with Crippen LogP contribution in [0.4, 0.5) is 5.69 Å². The first kappa shape index (κ1) is 28.4. The van der Waals surface area contributed by atoms with Crippen LogP contribution in [-0.4, -0.2) is 31.7 Å². The monoisotopic (exact) mass is 582 g/mol. The predicted octanol–water partition coefficient (Wildman–Crippen LogP) is 6.36. The van der Waals surface area contributed by atoms with Gasteiger partial charge in [0, 0.05) is 17.0 Å². The maximum atomic E-state index is 13.6. The maximum absolute atomic E-state index is 13.6. The Labute approximate surface area is 238 Å². The van der Waals surface area contributed by atoms with Crippen molar-refractivity contribution in [2.75, 3.05) is 10.8 Å². The van der Waals surface area contributed by atoms with E-state index in [-0.39, 0.29) is 4.90 Å². The van der Waals surface area contributed by atoms with Crippen LogP contribution >= 0.6 is 23.2 Å². The number of hydrogen-bond donors (Lipinski definition) is 1. The molecule has 0 aliphatic carbocycles. The van der Waals surface area contributed by atoms with Crippen LogP contribution in [0.2, 0.25) is 10.0 Å². The third-order valence-corrected chi connectivity index (χ3v) is 8.86. The lowest BCUT2D eigenvalue weighted by atomic mass is 10.1. The number of anilines is 1. The van der Waals surface area contributed by atoms with E-state index in [1.54, 1.807) is 30.3 Å². The van der Waals surface area contributed by atoms with Crippen LogP contribution in [0.5, 0.6) is 0 Å². The highest BCUT2D eigenvalue weighted by Crippen LogP contribution is 2.31. The molecule has 1 amide bonds. The van der Waals surface area contributed by atoms with Crippen LogP contribution in [0.25, 0.3) is 5.69 Å². The van der Waals surface area contributed by atoms with Crippen molar-refractivity contribution in [3.63, 3.8) is 0 Å². The molecule has 1 N–H and O–H groups in total. The van der Waals surface area contributed by atoms with Gasteiger partial charge in [0.25, 0.3) is 15.9 Å². The molecule has 1 aromatic heterocycles. The van der Waals surface area contributed by atoms with Crippen molar-refractivity contribution in [2.45, 2.75) is 32.6 Å². The molecule has 0 aliphatic rings. The van der Waals surface area contributed by atoms with Crippen molar-refractivity contribution in [3.05, 3.63) is 111 Å². The number of carbonyl (C=O) groups is 1. The maximum Gasteiger partial charge on any atom is 0.264 e. The van der Waals surface area contributed by atoms with E-state index < -0.39 is 22.5 Å². The standard InChI is InChI=1S/C29H28Cl2N4O3S/c1-19-13-14-26(20(2)15-19)34(39(37,38)24-9-6-5-7-10-24)18-28(36)33-32-17-23-16-21(3)35(22(23)4)27-12-8-11-25(30)29(27)31/h5-17H,18H2,1-4H3,(H,33,36)/b32-17-. The number of sulfonamides is 1. The summed E-state index contributed by atoms with van der Waals surface area (Å²) < 4.78 is 30.2. The Balaban J connectivity index is 1.58. The minimum atomic E-state index is -4.01. The number of aromatic nitrogens is 1. The second-order valence-corrected chi connectivity index (χ2v) is 11.8. The Morgan fingerprint density at radius 3 is 2.38 bits per heavy atom. The number of nitrogens with one attached hydrogen (secondary N) is 1. The summed E-state index contributed by atoms with van der Waals surface area (Å²) in [6.07, 6.45) is 1.52. The van der Waals surface area contributed by atoms with Gasteiger partial charge in [0.2, 0.25) is 0 Å². The smallest absolute Gasteiger partial charge is 0.264 e. The van der Waals surface area contributed by atoms with Crippen LogP contribution in [0.3, 0.4) is 0 Å². The van der Waals surface area contributed by atoms with Gasteiger partial charge >= 0.3 is 0 Å². The average molecular weight is 584 g/mol. The van der Waals surface area contributed by atoms with Crippen LogP contribution in [-0.2, 0) is 14.8 Å². The first-order chi connectivity index (χ1) is 18.5. The van der Waals surface area contributed by atoms with E-state index in [1.807, 2.05) is 62.6 Å². The van der Waals surface area contributed by atoms with Crippen LogP contribution in [0.1, 0.15) is 28.1 Å². The first-order valence-electron chi connectivity index (χ1n) is 12.1. The summed E-state index contributed by atoms with van der Waals surface area (Å²) in [4.78, 5) is 13.1. The zero-order valence-electron chi connectivity index (χ0n) is 21.9. The number of rotatable bonds is 8. The van der Waals surface area contributed by atoms with E-state index in [0.717, 1.165) is 38.1 Å². The Bertz CT molecular complexity index is 1670. The topological polar surface area (TPSA) is 83.8 Å². The number of carbonyl (C=O) groups excluding carboxylic acids is 1. The van der Waals surface area contributed by atoms with Crippen LogP contribution in [0, 0.1) is 27.7 Å². The van der Waals surface area contributed by atoms with Gasteiger partial charge in [-0.2, -0.15) is 5.10 Å². The number of nitrogens with zero attached hydrogens (tertiary/aromatic N) is 3. The van der Waals surface area contributed by atoms with Gasteiger partial charge in [0.1, 0.15) is 6.54 Å².